The van der Waals surface area contributed by atoms with Crippen LogP contribution in [0.5, 0.6) is 0 Å². The number of aromatic nitrogens is 2. The van der Waals surface area contributed by atoms with Crippen LogP contribution in [0.1, 0.15) is 51.6 Å². The number of carbonyl (C=O) groups is 1. The van der Waals surface area contributed by atoms with Gasteiger partial charge >= 0.3 is 0 Å². The fourth-order valence-electron chi connectivity index (χ4n) is 3.93. The monoisotopic (exact) mass is 357 g/mol. The molecule has 1 aliphatic rings. The predicted octanol–water partition coefficient (Wildman–Crippen LogP) is 4.15. The minimum absolute atomic E-state index is 0.139. The van der Waals surface area contributed by atoms with E-state index >= 15 is 0 Å². The van der Waals surface area contributed by atoms with Gasteiger partial charge in [0, 0.05) is 6.42 Å². The molecule has 1 aliphatic carbocycles. The van der Waals surface area contributed by atoms with Crippen molar-refractivity contribution in [3.63, 3.8) is 0 Å². The van der Waals surface area contributed by atoms with E-state index in [-0.39, 0.29) is 17.6 Å². The Hall–Kier alpha value is -3.01. The number of carbonyl (C=O) groups excluding carboxylic acids is 1. The Bertz CT molecular complexity index is 939. The number of ketones is 1. The van der Waals surface area contributed by atoms with Crippen molar-refractivity contribution in [1.29, 1.82) is 0 Å². The average molecular weight is 357 g/mol. The first-order chi connectivity index (χ1) is 13.2. The van der Waals surface area contributed by atoms with Crippen molar-refractivity contribution in [1.82, 2.24) is 9.97 Å². The van der Waals surface area contributed by atoms with Gasteiger partial charge in [-0.3, -0.25) is 4.79 Å². The summed E-state index contributed by atoms with van der Waals surface area (Å²) in [6, 6.07) is 20.5. The normalized spacial score (nSPS) is 16.1. The molecule has 4 heteroatoms. The first-order valence-electron chi connectivity index (χ1n) is 9.48. The molecule has 1 aromatic heterocycles. The van der Waals surface area contributed by atoms with E-state index in [1.165, 1.54) is 11.1 Å². The molecule has 2 aromatic carbocycles. The number of benzene rings is 2. The lowest BCUT2D eigenvalue weighted by Crippen LogP contribution is -2.23. The molecule has 3 aromatic rings. The summed E-state index contributed by atoms with van der Waals surface area (Å²) in [5.74, 6) is 0.572. The summed E-state index contributed by atoms with van der Waals surface area (Å²) >= 11 is 0. The third kappa shape index (κ3) is 3.90. The second kappa shape index (κ2) is 7.70. The summed E-state index contributed by atoms with van der Waals surface area (Å²) in [4.78, 5) is 21.7. The molecule has 4 nitrogen and oxygen atoms in total. The highest BCUT2D eigenvalue weighted by molar-refractivity contribution is 5.99. The van der Waals surface area contributed by atoms with Gasteiger partial charge < -0.3 is 5.73 Å². The van der Waals surface area contributed by atoms with Gasteiger partial charge in [0.2, 0.25) is 5.95 Å². The number of nitrogens with zero attached hydrogens (tertiary/aromatic N) is 2. The van der Waals surface area contributed by atoms with Crippen LogP contribution in [0, 0.1) is 0 Å². The minimum atomic E-state index is 0.139. The van der Waals surface area contributed by atoms with Crippen LogP contribution in [0.2, 0.25) is 0 Å². The molecule has 0 saturated carbocycles. The van der Waals surface area contributed by atoms with Crippen LogP contribution in [-0.2, 0) is 19.3 Å². The lowest BCUT2D eigenvalue weighted by molar-refractivity contribution is 0.0961. The van der Waals surface area contributed by atoms with Crippen LogP contribution in [-0.4, -0.2) is 15.8 Å². The number of anilines is 1. The first-order valence-corrected chi connectivity index (χ1v) is 9.48. The zero-order valence-electron chi connectivity index (χ0n) is 15.3. The molecule has 4 rings (SSSR count). The van der Waals surface area contributed by atoms with Crippen molar-refractivity contribution in [2.75, 3.05) is 5.73 Å². The lowest BCUT2D eigenvalue weighted by atomic mass is 9.80. The average Bonchev–Trinajstić information content (AvgIpc) is 2.69. The highest BCUT2D eigenvalue weighted by Gasteiger charge is 2.30. The Kier molecular flexibility index (Phi) is 4.97. The third-order valence-electron chi connectivity index (χ3n) is 5.22. The smallest absolute Gasteiger partial charge is 0.220 e. The summed E-state index contributed by atoms with van der Waals surface area (Å²) in [5, 5.41) is 0. The summed E-state index contributed by atoms with van der Waals surface area (Å²) in [5.41, 5.74) is 10.8. The highest BCUT2D eigenvalue weighted by atomic mass is 16.1. The summed E-state index contributed by atoms with van der Waals surface area (Å²) in [6.45, 7) is 0. The second-order valence-electron chi connectivity index (χ2n) is 7.13. The van der Waals surface area contributed by atoms with Crippen molar-refractivity contribution in [3.05, 3.63) is 88.7 Å². The van der Waals surface area contributed by atoms with Crippen molar-refractivity contribution in [3.8, 4) is 0 Å². The lowest BCUT2D eigenvalue weighted by Gasteiger charge is -2.25. The SMILES string of the molecule is Nc1nc(CCCc2ccccc2)c2c(n1)CC(c1ccccc1)CC2=O. The standard InChI is InChI=1S/C23H23N3O/c24-23-25-19(13-7-10-16-8-3-1-4-9-16)22-20(26-23)14-18(15-21(22)27)17-11-5-2-6-12-17/h1-6,8-9,11-12,18H,7,10,13-15H2,(H2,24,25,26). The van der Waals surface area contributed by atoms with E-state index in [9.17, 15) is 4.79 Å². The molecular weight excluding hydrogens is 334 g/mol. The quantitative estimate of drug-likeness (QED) is 0.745. The molecule has 1 heterocycles. The van der Waals surface area contributed by atoms with Gasteiger partial charge in [-0.15, -0.1) is 0 Å². The third-order valence-corrected chi connectivity index (χ3v) is 5.22. The fourth-order valence-corrected chi connectivity index (χ4v) is 3.93. The molecule has 27 heavy (non-hydrogen) atoms. The number of rotatable bonds is 5. The van der Waals surface area contributed by atoms with Gasteiger partial charge in [-0.25, -0.2) is 9.97 Å². The molecule has 0 aliphatic heterocycles. The first kappa shape index (κ1) is 17.4. The van der Waals surface area contributed by atoms with Crippen LogP contribution in [0.4, 0.5) is 5.95 Å². The number of Topliss-reactive ketones (excluding diaryl/α,β-unsaturated/α-hetero) is 1. The Labute approximate surface area is 159 Å². The maximum absolute atomic E-state index is 12.9. The topological polar surface area (TPSA) is 68.9 Å². The Morgan fingerprint density at radius 3 is 2.33 bits per heavy atom. The van der Waals surface area contributed by atoms with Crippen molar-refractivity contribution < 1.29 is 4.79 Å². The van der Waals surface area contributed by atoms with Gasteiger partial charge in [-0.2, -0.15) is 0 Å². The van der Waals surface area contributed by atoms with E-state index in [2.05, 4.69) is 34.2 Å². The highest BCUT2D eigenvalue weighted by Crippen LogP contribution is 2.33. The van der Waals surface area contributed by atoms with E-state index in [0.717, 1.165) is 37.1 Å². The molecular formula is C23H23N3O. The van der Waals surface area contributed by atoms with Crippen LogP contribution in [0.15, 0.2) is 60.7 Å². The Morgan fingerprint density at radius 2 is 1.59 bits per heavy atom. The Balaban J connectivity index is 1.55. The molecule has 2 N–H and O–H groups in total. The molecule has 1 unspecified atom stereocenters. The summed E-state index contributed by atoms with van der Waals surface area (Å²) in [7, 11) is 0. The number of fused-ring (bicyclic) bond motifs is 1. The molecule has 0 fully saturated rings. The van der Waals surface area contributed by atoms with Gasteiger partial charge in [0.15, 0.2) is 5.78 Å². The molecule has 0 saturated heterocycles. The number of hydrogen-bond acceptors (Lipinski definition) is 4. The Morgan fingerprint density at radius 1 is 0.889 bits per heavy atom. The minimum Gasteiger partial charge on any atom is -0.368 e. The van der Waals surface area contributed by atoms with Crippen LogP contribution < -0.4 is 5.73 Å². The van der Waals surface area contributed by atoms with Crippen LogP contribution in [0.3, 0.4) is 0 Å². The second-order valence-corrected chi connectivity index (χ2v) is 7.13. The maximum Gasteiger partial charge on any atom is 0.220 e. The zero-order chi connectivity index (χ0) is 18.6. The van der Waals surface area contributed by atoms with Gasteiger partial charge in [-0.1, -0.05) is 60.7 Å². The van der Waals surface area contributed by atoms with E-state index < -0.39 is 0 Å². The largest absolute Gasteiger partial charge is 0.368 e. The fraction of sp³-hybridized carbons (Fsp3) is 0.261. The van der Waals surface area contributed by atoms with Gasteiger partial charge in [-0.05, 0) is 42.7 Å². The summed E-state index contributed by atoms with van der Waals surface area (Å²) in [6.07, 6.45) is 3.88. The van der Waals surface area contributed by atoms with Gasteiger partial charge in [0.25, 0.3) is 0 Å². The predicted molar refractivity (Wildman–Crippen MR) is 107 cm³/mol. The molecule has 0 spiro atoms. The van der Waals surface area contributed by atoms with Crippen molar-refractivity contribution in [2.24, 2.45) is 0 Å². The number of hydrogen-bond donors (Lipinski definition) is 1. The van der Waals surface area contributed by atoms with E-state index in [1.54, 1.807) is 0 Å². The van der Waals surface area contributed by atoms with E-state index in [0.29, 0.717) is 12.0 Å². The zero-order valence-corrected chi connectivity index (χ0v) is 15.3. The van der Waals surface area contributed by atoms with E-state index in [4.69, 9.17) is 5.73 Å². The number of nitrogen functional groups attached to an aromatic ring is 1. The molecule has 0 amide bonds. The van der Waals surface area contributed by atoms with Crippen LogP contribution in [0.25, 0.3) is 0 Å². The van der Waals surface area contributed by atoms with Crippen molar-refractivity contribution >= 4 is 11.7 Å². The summed E-state index contributed by atoms with van der Waals surface area (Å²) < 4.78 is 0. The molecule has 1 atom stereocenters. The molecule has 136 valence electrons. The number of aryl methyl sites for hydroxylation is 2. The number of nitrogens with two attached hydrogens (primary N) is 1. The maximum atomic E-state index is 12.9. The van der Waals surface area contributed by atoms with Gasteiger partial charge in [0.1, 0.15) is 0 Å². The molecule has 0 radical (unpaired) electrons. The van der Waals surface area contributed by atoms with Crippen LogP contribution >= 0.6 is 0 Å². The van der Waals surface area contributed by atoms with Crippen molar-refractivity contribution in [2.45, 2.75) is 38.0 Å². The van der Waals surface area contributed by atoms with Gasteiger partial charge in [0.05, 0.1) is 17.0 Å². The molecule has 0 bridgehead atoms. The van der Waals surface area contributed by atoms with E-state index in [1.807, 2.05) is 36.4 Å².